The maximum absolute atomic E-state index is 14.6. The van der Waals surface area contributed by atoms with Gasteiger partial charge < -0.3 is 20.3 Å². The lowest BCUT2D eigenvalue weighted by Gasteiger charge is -2.26. The third kappa shape index (κ3) is 15.8. The number of ether oxygens (including phenoxy) is 1. The first-order valence-corrected chi connectivity index (χ1v) is 14.6. The molecule has 1 fully saturated rings. The fourth-order valence-corrected chi connectivity index (χ4v) is 3.77. The Labute approximate surface area is 261 Å². The summed E-state index contributed by atoms with van der Waals surface area (Å²) >= 11 is 0. The topological polar surface area (TPSA) is 99.1 Å². The van der Waals surface area contributed by atoms with Crippen LogP contribution in [0.5, 0.6) is 0 Å². The molecule has 0 spiro atoms. The molecular weight excluding hydrogens is 573 g/mol. The normalized spacial score (nSPS) is 18.6. The van der Waals surface area contributed by atoms with Crippen LogP contribution in [0, 0.1) is 12.3 Å². The zero-order valence-corrected chi connectivity index (χ0v) is 27.5. The van der Waals surface area contributed by atoms with Crippen LogP contribution in [-0.4, -0.2) is 65.2 Å². The first kappa shape index (κ1) is 42.6. The molecule has 248 valence electrons. The van der Waals surface area contributed by atoms with Crippen LogP contribution in [0.3, 0.4) is 0 Å². The highest BCUT2D eigenvalue weighted by Gasteiger charge is 2.43. The highest BCUT2D eigenvalue weighted by molar-refractivity contribution is 5.86. The number of hydrogen-bond acceptors (Lipinski definition) is 5. The largest absolute Gasteiger partial charge is 0.478 e. The van der Waals surface area contributed by atoms with E-state index in [4.69, 9.17) is 14.9 Å². The van der Waals surface area contributed by atoms with Crippen LogP contribution in [0.4, 0.5) is 18.0 Å². The highest BCUT2D eigenvalue weighted by atomic mass is 19.2. The minimum Gasteiger partial charge on any atom is -0.478 e. The van der Waals surface area contributed by atoms with Crippen LogP contribution in [0.25, 0.3) is 0 Å². The SMILES string of the molecule is C#CC.C=C(/C(C)=C(/C=C\CC)CNCCC1(CC)CN(/C(C)=C/C=C(\C)C(=O)O)C(=O)O1)C(F)C/C(F)=C(\C)F.CCO. The van der Waals surface area contributed by atoms with Crippen molar-refractivity contribution in [2.45, 2.75) is 92.8 Å². The molecule has 44 heavy (non-hydrogen) atoms. The molecule has 0 aromatic heterocycles. The lowest BCUT2D eigenvalue weighted by molar-refractivity contribution is -0.132. The number of alkyl halides is 1. The summed E-state index contributed by atoms with van der Waals surface area (Å²) in [6.45, 7) is 18.3. The molecule has 10 heteroatoms. The van der Waals surface area contributed by atoms with Crippen molar-refractivity contribution in [2.75, 3.05) is 26.2 Å². The van der Waals surface area contributed by atoms with Crippen molar-refractivity contribution < 1.29 is 37.7 Å². The molecule has 0 bridgehead atoms. The number of carbonyl (C=O) groups excluding carboxylic acids is 1. The molecule has 7 nitrogen and oxygen atoms in total. The van der Waals surface area contributed by atoms with E-state index in [-0.39, 0.29) is 17.8 Å². The van der Waals surface area contributed by atoms with Crippen LogP contribution in [0.2, 0.25) is 0 Å². The summed E-state index contributed by atoms with van der Waals surface area (Å²) in [4.78, 5) is 25.1. The van der Waals surface area contributed by atoms with Gasteiger partial charge in [0, 0.05) is 37.3 Å². The van der Waals surface area contributed by atoms with Crippen LogP contribution in [-0.2, 0) is 9.53 Å². The minimum absolute atomic E-state index is 0.0961. The number of aliphatic hydroxyl groups excluding tert-OH is 1. The summed E-state index contributed by atoms with van der Waals surface area (Å²) in [5, 5.41) is 19.9. The summed E-state index contributed by atoms with van der Waals surface area (Å²) in [5.41, 5.74) is 1.45. The molecule has 0 aromatic carbocycles. The number of aliphatic hydroxyl groups is 1. The van der Waals surface area contributed by atoms with Crippen molar-refractivity contribution in [3.63, 3.8) is 0 Å². The van der Waals surface area contributed by atoms with Crippen LogP contribution < -0.4 is 5.32 Å². The lowest BCUT2D eigenvalue weighted by Crippen LogP contribution is -2.37. The summed E-state index contributed by atoms with van der Waals surface area (Å²) in [6, 6.07) is 0. The molecule has 0 saturated carbocycles. The molecule has 2 unspecified atom stereocenters. The third-order valence-electron chi connectivity index (χ3n) is 6.65. The van der Waals surface area contributed by atoms with E-state index < -0.39 is 41.9 Å². The quantitative estimate of drug-likeness (QED) is 0.0742. The fraction of sp³-hybridized carbons (Fsp3) is 0.529. The summed E-state index contributed by atoms with van der Waals surface area (Å²) in [7, 11) is 0. The second kappa shape index (κ2) is 22.9. The number of halogens is 3. The number of allylic oxidation sites excluding steroid dienone is 8. The van der Waals surface area contributed by atoms with E-state index in [0.717, 1.165) is 18.9 Å². The van der Waals surface area contributed by atoms with Crippen molar-refractivity contribution >= 4 is 12.1 Å². The summed E-state index contributed by atoms with van der Waals surface area (Å²) < 4.78 is 47.0. The van der Waals surface area contributed by atoms with Crippen molar-refractivity contribution in [2.24, 2.45) is 0 Å². The molecule has 1 saturated heterocycles. The van der Waals surface area contributed by atoms with Gasteiger partial charge in [0.15, 0.2) is 0 Å². The third-order valence-corrected chi connectivity index (χ3v) is 6.65. The molecule has 2 atom stereocenters. The number of cyclic esters (lactones) is 1. The van der Waals surface area contributed by atoms with Gasteiger partial charge >= 0.3 is 12.1 Å². The second-order valence-corrected chi connectivity index (χ2v) is 10.1. The average Bonchev–Trinajstić information content (AvgIpc) is 3.31. The molecule has 1 rings (SSSR count). The Balaban J connectivity index is 0. The number of aliphatic carboxylic acids is 1. The van der Waals surface area contributed by atoms with Gasteiger partial charge in [-0.05, 0) is 83.7 Å². The Hall–Kier alpha value is -3.55. The van der Waals surface area contributed by atoms with Crippen molar-refractivity contribution in [1.82, 2.24) is 10.2 Å². The predicted octanol–water partition coefficient (Wildman–Crippen LogP) is 7.88. The van der Waals surface area contributed by atoms with Gasteiger partial charge in [-0.1, -0.05) is 38.7 Å². The van der Waals surface area contributed by atoms with Gasteiger partial charge in [0.25, 0.3) is 0 Å². The second-order valence-electron chi connectivity index (χ2n) is 10.1. The van der Waals surface area contributed by atoms with E-state index >= 15 is 0 Å². The van der Waals surface area contributed by atoms with Crippen LogP contribution in [0.1, 0.15) is 81.1 Å². The zero-order chi connectivity index (χ0) is 34.5. The molecule has 1 heterocycles. The standard InChI is InChI=1S/C29H41F3N2O4.C3H4.C2H6O/c1-8-10-11-24(21(5)22(6)25(31)16-26(32)23(7)30)17-33-15-14-29(9-2)18-34(28(37)38-29)20(4)13-12-19(3)27(35)36;1-3-2;1-2-3/h10-13,25,33H,6,8-9,14-18H2,1-5,7H3,(H,35,36);1H,2H3;3H,2H2,1H3/b11-10-,19-12+,20-13+,24-21-,26-23-;;. The number of carboxylic acids is 1. The van der Waals surface area contributed by atoms with Gasteiger partial charge in [-0.3, -0.25) is 4.90 Å². The first-order valence-electron chi connectivity index (χ1n) is 14.6. The molecule has 1 aliphatic rings. The van der Waals surface area contributed by atoms with Gasteiger partial charge in [0.1, 0.15) is 23.4 Å². The number of terminal acetylenes is 1. The van der Waals surface area contributed by atoms with E-state index in [1.54, 1.807) is 33.8 Å². The number of carboxylic acid groups (broad SMARTS) is 1. The van der Waals surface area contributed by atoms with E-state index in [2.05, 4.69) is 24.2 Å². The summed E-state index contributed by atoms with van der Waals surface area (Å²) in [5.74, 6) is -0.948. The molecule has 0 radical (unpaired) electrons. The van der Waals surface area contributed by atoms with E-state index in [1.165, 1.54) is 17.9 Å². The fourth-order valence-electron chi connectivity index (χ4n) is 3.77. The number of carbonyl (C=O) groups is 2. The predicted molar refractivity (Wildman–Crippen MR) is 172 cm³/mol. The van der Waals surface area contributed by atoms with Gasteiger partial charge in [-0.25, -0.2) is 22.8 Å². The lowest BCUT2D eigenvalue weighted by atomic mass is 9.95. The van der Waals surface area contributed by atoms with E-state index in [1.807, 2.05) is 26.0 Å². The van der Waals surface area contributed by atoms with Crippen molar-refractivity contribution in [3.05, 3.63) is 70.5 Å². The first-order chi connectivity index (χ1) is 20.6. The Kier molecular flexibility index (Phi) is 22.2. The Morgan fingerprint density at radius 2 is 1.80 bits per heavy atom. The molecule has 1 aliphatic heterocycles. The van der Waals surface area contributed by atoms with E-state index in [9.17, 15) is 22.8 Å². The van der Waals surface area contributed by atoms with Gasteiger partial charge in [-0.15, -0.1) is 12.3 Å². The van der Waals surface area contributed by atoms with Gasteiger partial charge in [0.05, 0.1) is 6.54 Å². The molecular formula is C34H51F3N2O5. The number of hydrogen-bond donors (Lipinski definition) is 3. The molecule has 1 amide bonds. The van der Waals surface area contributed by atoms with Gasteiger partial charge in [0.2, 0.25) is 0 Å². The number of nitrogens with one attached hydrogen (secondary N) is 1. The van der Waals surface area contributed by atoms with Crippen LogP contribution in [0.15, 0.2) is 70.5 Å². The van der Waals surface area contributed by atoms with Crippen molar-refractivity contribution in [3.8, 4) is 12.3 Å². The smallest absolute Gasteiger partial charge is 0.414 e. The monoisotopic (exact) mass is 624 g/mol. The molecule has 3 N–H and O–H groups in total. The number of amides is 1. The van der Waals surface area contributed by atoms with E-state index in [0.29, 0.717) is 43.7 Å². The highest BCUT2D eigenvalue weighted by Crippen LogP contribution is 2.32. The van der Waals surface area contributed by atoms with Gasteiger partial charge in [-0.2, -0.15) is 0 Å². The van der Waals surface area contributed by atoms with Crippen LogP contribution >= 0.6 is 0 Å². The molecule has 0 aliphatic carbocycles. The Bertz CT molecular complexity index is 1140. The summed E-state index contributed by atoms with van der Waals surface area (Å²) in [6.07, 6.45) is 10.3. The zero-order valence-electron chi connectivity index (χ0n) is 27.5. The molecule has 0 aromatic rings. The Morgan fingerprint density at radius 3 is 2.27 bits per heavy atom. The minimum atomic E-state index is -1.75. The van der Waals surface area contributed by atoms with Crippen molar-refractivity contribution in [1.29, 1.82) is 0 Å². The maximum Gasteiger partial charge on any atom is 0.414 e. The number of nitrogens with zero attached hydrogens (tertiary/aromatic N) is 1. The maximum atomic E-state index is 14.6. The number of rotatable bonds is 15. The average molecular weight is 625 g/mol. The Morgan fingerprint density at radius 1 is 1.23 bits per heavy atom.